The zero-order chi connectivity index (χ0) is 13.4. The first-order valence-corrected chi connectivity index (χ1v) is 6.76. The molecule has 0 spiro atoms. The Morgan fingerprint density at radius 2 is 2.22 bits per heavy atom. The van der Waals surface area contributed by atoms with Crippen molar-refractivity contribution in [2.75, 3.05) is 6.61 Å². The summed E-state index contributed by atoms with van der Waals surface area (Å²) in [5.41, 5.74) is 1.37. The van der Waals surface area contributed by atoms with Crippen molar-refractivity contribution < 1.29 is 15.3 Å². The lowest BCUT2D eigenvalue weighted by Gasteiger charge is -2.20. The molecule has 1 aliphatic rings. The summed E-state index contributed by atoms with van der Waals surface area (Å²) in [6.45, 7) is 1.86. The maximum absolute atomic E-state index is 8.92. The Bertz CT molecular complexity index is 336. The summed E-state index contributed by atoms with van der Waals surface area (Å²) >= 11 is 0. The molecule has 3 N–H and O–H groups in total. The standard InChI is InChI=1S/C15H24O3/c1-2-3-4-12-5-7-13(8-6-12)9-10-14(11-16)15(17)18/h7,9-10,12,16-18H,2-6,8,11H2,1H3. The Balaban J connectivity index is 2.48. The summed E-state index contributed by atoms with van der Waals surface area (Å²) < 4.78 is 0. The second-order valence-electron chi connectivity index (χ2n) is 4.90. The lowest BCUT2D eigenvalue weighted by molar-refractivity contribution is 0.178. The highest BCUT2D eigenvalue weighted by molar-refractivity contribution is 5.29. The van der Waals surface area contributed by atoms with E-state index in [1.807, 2.05) is 6.08 Å². The van der Waals surface area contributed by atoms with Crippen LogP contribution in [0.2, 0.25) is 0 Å². The third-order valence-electron chi connectivity index (χ3n) is 3.48. The Labute approximate surface area is 109 Å². The van der Waals surface area contributed by atoms with Crippen molar-refractivity contribution in [2.24, 2.45) is 5.92 Å². The highest BCUT2D eigenvalue weighted by Gasteiger charge is 2.12. The average molecular weight is 252 g/mol. The summed E-state index contributed by atoms with van der Waals surface area (Å²) in [5, 5.41) is 26.7. The van der Waals surface area contributed by atoms with Crippen LogP contribution < -0.4 is 0 Å². The molecule has 3 nitrogen and oxygen atoms in total. The highest BCUT2D eigenvalue weighted by Crippen LogP contribution is 2.28. The first-order valence-electron chi connectivity index (χ1n) is 6.76. The SMILES string of the molecule is CCCCC1CC=C(C=CC(CO)=C(O)O)CC1. The summed E-state index contributed by atoms with van der Waals surface area (Å²) in [6.07, 6.45) is 12.9. The van der Waals surface area contributed by atoms with Crippen LogP contribution >= 0.6 is 0 Å². The van der Waals surface area contributed by atoms with Gasteiger partial charge in [-0.25, -0.2) is 0 Å². The molecule has 0 radical (unpaired) electrons. The van der Waals surface area contributed by atoms with E-state index in [9.17, 15) is 0 Å². The summed E-state index contributed by atoms with van der Waals surface area (Å²) in [6, 6.07) is 0. The largest absolute Gasteiger partial charge is 0.481 e. The van der Waals surface area contributed by atoms with E-state index in [-0.39, 0.29) is 12.2 Å². The van der Waals surface area contributed by atoms with Gasteiger partial charge in [0.1, 0.15) is 0 Å². The van der Waals surface area contributed by atoms with Gasteiger partial charge < -0.3 is 15.3 Å². The molecule has 1 atom stereocenters. The van der Waals surface area contributed by atoms with Gasteiger partial charge in [-0.3, -0.25) is 0 Å². The molecule has 0 aromatic rings. The molecule has 0 saturated carbocycles. The van der Waals surface area contributed by atoms with Crippen LogP contribution in [-0.2, 0) is 0 Å². The topological polar surface area (TPSA) is 60.7 Å². The van der Waals surface area contributed by atoms with Gasteiger partial charge in [0.05, 0.1) is 12.2 Å². The van der Waals surface area contributed by atoms with Gasteiger partial charge in [-0.2, -0.15) is 0 Å². The number of rotatable bonds is 6. The van der Waals surface area contributed by atoms with Crippen LogP contribution in [0.1, 0.15) is 45.4 Å². The maximum atomic E-state index is 8.92. The van der Waals surface area contributed by atoms with Crippen molar-refractivity contribution in [3.63, 3.8) is 0 Å². The molecule has 0 aliphatic heterocycles. The molecule has 1 aliphatic carbocycles. The van der Waals surface area contributed by atoms with Crippen molar-refractivity contribution in [1.29, 1.82) is 0 Å². The molecular formula is C15H24O3. The molecule has 1 unspecified atom stereocenters. The van der Waals surface area contributed by atoms with Crippen LogP contribution in [0.15, 0.2) is 35.3 Å². The molecule has 18 heavy (non-hydrogen) atoms. The minimum Gasteiger partial charge on any atom is -0.481 e. The van der Waals surface area contributed by atoms with Gasteiger partial charge in [-0.1, -0.05) is 43.9 Å². The molecule has 3 heteroatoms. The smallest absolute Gasteiger partial charge is 0.279 e. The Kier molecular flexibility index (Phi) is 6.58. The number of unbranched alkanes of at least 4 members (excludes halogenated alkanes) is 1. The van der Waals surface area contributed by atoms with E-state index < -0.39 is 5.95 Å². The van der Waals surface area contributed by atoms with Gasteiger partial charge in [0, 0.05) is 0 Å². The van der Waals surface area contributed by atoms with E-state index in [0.29, 0.717) is 0 Å². The van der Waals surface area contributed by atoms with Gasteiger partial charge in [0.15, 0.2) is 0 Å². The van der Waals surface area contributed by atoms with Gasteiger partial charge in [0.25, 0.3) is 5.95 Å². The normalized spacial score (nSPS) is 19.9. The highest BCUT2D eigenvalue weighted by atomic mass is 16.5. The molecule has 0 aromatic carbocycles. The fourth-order valence-corrected chi connectivity index (χ4v) is 2.22. The molecule has 0 fully saturated rings. The molecule has 0 saturated heterocycles. The van der Waals surface area contributed by atoms with Gasteiger partial charge in [-0.15, -0.1) is 0 Å². The Morgan fingerprint density at radius 1 is 1.44 bits per heavy atom. The molecule has 0 amide bonds. The summed E-state index contributed by atoms with van der Waals surface area (Å²) in [4.78, 5) is 0. The van der Waals surface area contributed by atoms with Gasteiger partial charge in [-0.05, 0) is 31.3 Å². The molecule has 1 rings (SSSR count). The van der Waals surface area contributed by atoms with Crippen molar-refractivity contribution in [3.05, 3.63) is 35.3 Å². The molecule has 102 valence electrons. The zero-order valence-corrected chi connectivity index (χ0v) is 11.1. The second-order valence-corrected chi connectivity index (χ2v) is 4.90. The van der Waals surface area contributed by atoms with Gasteiger partial charge >= 0.3 is 0 Å². The number of aliphatic hydroxyl groups excluding tert-OH is 2. The maximum Gasteiger partial charge on any atom is 0.279 e. The predicted octanol–water partition coefficient (Wildman–Crippen LogP) is 3.78. The third-order valence-corrected chi connectivity index (χ3v) is 3.48. The Morgan fingerprint density at radius 3 is 2.72 bits per heavy atom. The fourth-order valence-electron chi connectivity index (χ4n) is 2.22. The van der Waals surface area contributed by atoms with E-state index in [0.717, 1.165) is 18.8 Å². The average Bonchev–Trinajstić information content (AvgIpc) is 2.38. The van der Waals surface area contributed by atoms with Crippen molar-refractivity contribution in [3.8, 4) is 0 Å². The minimum absolute atomic E-state index is 0.156. The van der Waals surface area contributed by atoms with Crippen LogP contribution in [0.4, 0.5) is 0 Å². The molecule has 0 bridgehead atoms. The first kappa shape index (κ1) is 14.8. The van der Waals surface area contributed by atoms with Crippen LogP contribution in [0.5, 0.6) is 0 Å². The predicted molar refractivity (Wildman–Crippen MR) is 73.5 cm³/mol. The molecular weight excluding hydrogens is 228 g/mol. The minimum atomic E-state index is -0.800. The van der Waals surface area contributed by atoms with Crippen LogP contribution in [0, 0.1) is 5.92 Å². The number of hydrogen-bond donors (Lipinski definition) is 3. The van der Waals surface area contributed by atoms with E-state index in [1.54, 1.807) is 6.08 Å². The monoisotopic (exact) mass is 252 g/mol. The Hall–Kier alpha value is -1.22. The molecule has 0 heterocycles. The summed E-state index contributed by atoms with van der Waals surface area (Å²) in [7, 11) is 0. The number of allylic oxidation sites excluding steroid dienone is 3. The molecule has 0 aromatic heterocycles. The van der Waals surface area contributed by atoms with Crippen LogP contribution in [-0.4, -0.2) is 21.9 Å². The lowest BCUT2D eigenvalue weighted by atomic mass is 9.86. The zero-order valence-electron chi connectivity index (χ0n) is 11.1. The quantitative estimate of drug-likeness (QED) is 0.498. The lowest BCUT2D eigenvalue weighted by Crippen LogP contribution is -2.05. The van der Waals surface area contributed by atoms with Crippen molar-refractivity contribution >= 4 is 0 Å². The first-order chi connectivity index (χ1) is 8.67. The number of hydrogen-bond acceptors (Lipinski definition) is 3. The summed E-state index contributed by atoms with van der Waals surface area (Å²) in [5.74, 6) is 0.00665. The van der Waals surface area contributed by atoms with Crippen molar-refractivity contribution in [1.82, 2.24) is 0 Å². The number of aliphatic hydroxyl groups is 3. The van der Waals surface area contributed by atoms with Crippen LogP contribution in [0.25, 0.3) is 0 Å². The van der Waals surface area contributed by atoms with Crippen molar-refractivity contribution in [2.45, 2.75) is 45.4 Å². The second kappa shape index (κ2) is 7.98. The fraction of sp³-hybridized carbons (Fsp3) is 0.600. The van der Waals surface area contributed by atoms with E-state index >= 15 is 0 Å². The van der Waals surface area contributed by atoms with E-state index in [4.69, 9.17) is 15.3 Å². The van der Waals surface area contributed by atoms with E-state index in [2.05, 4.69) is 13.0 Å². The third kappa shape index (κ3) is 4.96. The van der Waals surface area contributed by atoms with E-state index in [1.165, 1.54) is 31.3 Å². The van der Waals surface area contributed by atoms with Crippen LogP contribution in [0.3, 0.4) is 0 Å². The van der Waals surface area contributed by atoms with Gasteiger partial charge in [0.2, 0.25) is 0 Å².